The number of allylic oxidation sites excluding steroid dienone is 2. The number of hydrogen-bond donors (Lipinski definition) is 2. The summed E-state index contributed by atoms with van der Waals surface area (Å²) < 4.78 is 41.7. The van der Waals surface area contributed by atoms with E-state index in [9.17, 15) is 13.9 Å². The van der Waals surface area contributed by atoms with E-state index >= 15 is 0 Å². The second kappa shape index (κ2) is 7.12. The van der Waals surface area contributed by atoms with Crippen LogP contribution in [0.15, 0.2) is 53.8 Å². The van der Waals surface area contributed by atoms with Gasteiger partial charge in [0, 0.05) is 17.2 Å². The Kier molecular flexibility index (Phi) is 4.89. The highest BCUT2D eigenvalue weighted by Gasteiger charge is 2.27. The number of aryl methyl sites for hydroxylation is 1. The highest BCUT2D eigenvalue weighted by Crippen LogP contribution is 2.44. The van der Waals surface area contributed by atoms with Gasteiger partial charge in [0.05, 0.1) is 5.69 Å². The van der Waals surface area contributed by atoms with E-state index in [1.54, 1.807) is 37.3 Å². The van der Waals surface area contributed by atoms with Gasteiger partial charge in [-0.25, -0.2) is 8.60 Å². The number of nitrogens with one attached hydrogen (secondary N) is 1. The van der Waals surface area contributed by atoms with Crippen molar-refractivity contribution >= 4 is 22.5 Å². The average molecular weight is 370 g/mol. The highest BCUT2D eigenvalue weighted by atomic mass is 32.2. The summed E-state index contributed by atoms with van der Waals surface area (Å²) in [5, 5.41) is 9.68. The minimum atomic E-state index is -2.22. The van der Waals surface area contributed by atoms with Crippen LogP contribution in [0.25, 0.3) is 5.57 Å². The predicted octanol–water partition coefficient (Wildman–Crippen LogP) is 4.30. The predicted molar refractivity (Wildman–Crippen MR) is 98.0 cm³/mol. The minimum absolute atomic E-state index is 0.348. The van der Waals surface area contributed by atoms with E-state index in [0.717, 1.165) is 5.56 Å². The Bertz CT molecular complexity index is 1000. The highest BCUT2D eigenvalue weighted by molar-refractivity contribution is 7.80. The molecule has 2 aromatic rings. The molecule has 0 fully saturated rings. The number of rotatable bonds is 3. The van der Waals surface area contributed by atoms with E-state index in [2.05, 4.69) is 10.8 Å². The van der Waals surface area contributed by atoms with Crippen molar-refractivity contribution in [2.75, 3.05) is 4.72 Å². The normalized spacial score (nSPS) is 15.9. The van der Waals surface area contributed by atoms with Crippen molar-refractivity contribution in [2.45, 2.75) is 13.8 Å². The lowest BCUT2D eigenvalue weighted by molar-refractivity contribution is 0.432. The Morgan fingerprint density at radius 2 is 2.00 bits per heavy atom. The Labute approximate surface area is 152 Å². The zero-order chi connectivity index (χ0) is 18.8. The molecule has 26 heavy (non-hydrogen) atoms. The van der Waals surface area contributed by atoms with Gasteiger partial charge in [0.15, 0.2) is 0 Å². The van der Waals surface area contributed by atoms with Gasteiger partial charge in [-0.15, -0.1) is 0 Å². The fourth-order valence-electron chi connectivity index (χ4n) is 2.95. The number of nitrogens with zero attached hydrogens (tertiary/aromatic N) is 1. The lowest BCUT2D eigenvalue weighted by Crippen LogP contribution is -2.12. The van der Waals surface area contributed by atoms with Gasteiger partial charge in [-0.1, -0.05) is 12.1 Å². The largest absolute Gasteiger partial charge is 0.456 e. The molecule has 1 unspecified atom stereocenters. The first-order chi connectivity index (χ1) is 12.4. The van der Waals surface area contributed by atoms with E-state index in [0.29, 0.717) is 39.5 Å². The fourth-order valence-corrected chi connectivity index (χ4v) is 3.27. The van der Waals surface area contributed by atoms with Crippen LogP contribution in [0.5, 0.6) is 5.75 Å². The molecule has 5 nitrogen and oxygen atoms in total. The number of fused-ring (bicyclic) bond motifs is 1. The maximum atomic E-state index is 13.3. The molecule has 1 aliphatic rings. The standard InChI is InChI=1S/C19H15FN2O3S/c1-3-16-15(10-21)19(12-4-6-13(20)7-5-12)18-11(2)8-14(22-26(23)24)9-17(18)25-16/h3-9,22H,1-2H3,(H,23,24)/b16-3-. The van der Waals surface area contributed by atoms with Crippen LogP contribution in [0.4, 0.5) is 10.1 Å². The molecule has 3 rings (SSSR count). The number of anilines is 1. The molecular weight excluding hydrogens is 355 g/mol. The van der Waals surface area contributed by atoms with Crippen LogP contribution in [-0.4, -0.2) is 8.76 Å². The van der Waals surface area contributed by atoms with Crippen molar-refractivity contribution in [2.24, 2.45) is 0 Å². The third-order valence-corrected chi connectivity index (χ3v) is 4.39. The van der Waals surface area contributed by atoms with E-state index in [-0.39, 0.29) is 5.82 Å². The molecule has 1 aliphatic heterocycles. The van der Waals surface area contributed by atoms with Crippen molar-refractivity contribution in [1.29, 1.82) is 5.26 Å². The molecule has 0 spiro atoms. The van der Waals surface area contributed by atoms with Crippen molar-refractivity contribution in [3.8, 4) is 11.8 Å². The lowest BCUT2D eigenvalue weighted by atomic mass is 9.87. The quantitative estimate of drug-likeness (QED) is 0.789. The van der Waals surface area contributed by atoms with Crippen LogP contribution in [0.2, 0.25) is 0 Å². The zero-order valence-corrected chi connectivity index (χ0v) is 14.9. The molecule has 2 aromatic carbocycles. The molecule has 1 atom stereocenters. The maximum absolute atomic E-state index is 13.3. The maximum Gasteiger partial charge on any atom is 0.259 e. The summed E-state index contributed by atoms with van der Waals surface area (Å²) in [6.07, 6.45) is 1.67. The third kappa shape index (κ3) is 3.25. The van der Waals surface area contributed by atoms with Crippen LogP contribution in [0.3, 0.4) is 0 Å². The summed E-state index contributed by atoms with van der Waals surface area (Å²) in [5.41, 5.74) is 3.51. The first kappa shape index (κ1) is 17.9. The Hall–Kier alpha value is -2.95. The van der Waals surface area contributed by atoms with E-state index in [1.807, 2.05) is 6.92 Å². The van der Waals surface area contributed by atoms with Crippen molar-refractivity contribution in [1.82, 2.24) is 0 Å². The summed E-state index contributed by atoms with van der Waals surface area (Å²) in [6, 6.07) is 11.3. The first-order valence-electron chi connectivity index (χ1n) is 7.72. The van der Waals surface area contributed by atoms with Crippen LogP contribution in [-0.2, 0) is 11.3 Å². The second-order valence-electron chi connectivity index (χ2n) is 5.64. The monoisotopic (exact) mass is 370 g/mol. The van der Waals surface area contributed by atoms with E-state index < -0.39 is 11.3 Å². The van der Waals surface area contributed by atoms with Crippen LogP contribution in [0.1, 0.15) is 23.6 Å². The SMILES string of the molecule is C/C=C1\Oc2cc(NS(=O)O)cc(C)c2C(c2ccc(F)cc2)=C1C#N. The van der Waals surface area contributed by atoms with Gasteiger partial charge in [-0.3, -0.25) is 9.27 Å². The number of halogens is 1. The summed E-state index contributed by atoms with van der Waals surface area (Å²) in [7, 11) is 0. The lowest BCUT2D eigenvalue weighted by Gasteiger charge is -2.25. The molecule has 0 saturated heterocycles. The van der Waals surface area contributed by atoms with Crippen molar-refractivity contribution in [3.05, 3.63) is 76.3 Å². The molecule has 2 N–H and O–H groups in total. The Morgan fingerprint density at radius 1 is 1.31 bits per heavy atom. The summed E-state index contributed by atoms with van der Waals surface area (Å²) in [6.45, 7) is 3.56. The number of hydrogen-bond acceptors (Lipinski definition) is 3. The third-order valence-electron chi connectivity index (χ3n) is 3.98. The Morgan fingerprint density at radius 3 is 2.58 bits per heavy atom. The number of nitriles is 1. The van der Waals surface area contributed by atoms with E-state index in [4.69, 9.17) is 9.29 Å². The minimum Gasteiger partial charge on any atom is -0.456 e. The van der Waals surface area contributed by atoms with Gasteiger partial charge in [-0.2, -0.15) is 5.26 Å². The molecule has 0 amide bonds. The Balaban J connectivity index is 2.30. The smallest absolute Gasteiger partial charge is 0.259 e. The van der Waals surface area contributed by atoms with Crippen LogP contribution in [0, 0.1) is 24.1 Å². The molecular formula is C19H15FN2O3S. The first-order valence-corrected chi connectivity index (χ1v) is 8.82. The molecule has 0 aromatic heterocycles. The van der Waals surface area contributed by atoms with Crippen LogP contribution >= 0.6 is 0 Å². The van der Waals surface area contributed by atoms with Gasteiger partial charge in [-0.05, 0) is 49.2 Å². The van der Waals surface area contributed by atoms with Gasteiger partial charge < -0.3 is 4.74 Å². The summed E-state index contributed by atoms with van der Waals surface area (Å²) in [4.78, 5) is 0. The second-order valence-corrected chi connectivity index (χ2v) is 6.34. The molecule has 132 valence electrons. The molecule has 0 saturated carbocycles. The van der Waals surface area contributed by atoms with Gasteiger partial charge >= 0.3 is 0 Å². The molecule has 0 bridgehead atoms. The molecule has 0 aliphatic carbocycles. The van der Waals surface area contributed by atoms with Crippen LogP contribution < -0.4 is 9.46 Å². The fraction of sp³-hybridized carbons (Fsp3) is 0.105. The van der Waals surface area contributed by atoms with Crippen molar-refractivity contribution in [3.63, 3.8) is 0 Å². The van der Waals surface area contributed by atoms with Gasteiger partial charge in [0.1, 0.15) is 29.0 Å². The van der Waals surface area contributed by atoms with Gasteiger partial charge in [0.25, 0.3) is 11.3 Å². The van der Waals surface area contributed by atoms with Crippen molar-refractivity contribution < 1.29 is 17.9 Å². The number of ether oxygens (including phenoxy) is 1. The van der Waals surface area contributed by atoms with Gasteiger partial charge in [0.2, 0.25) is 0 Å². The summed E-state index contributed by atoms with van der Waals surface area (Å²) in [5.74, 6) is 0.457. The summed E-state index contributed by atoms with van der Waals surface area (Å²) >= 11 is -2.22. The molecule has 7 heteroatoms. The van der Waals surface area contributed by atoms with E-state index in [1.165, 1.54) is 12.1 Å². The topological polar surface area (TPSA) is 82.3 Å². The molecule has 0 radical (unpaired) electrons. The number of benzene rings is 2. The zero-order valence-electron chi connectivity index (χ0n) is 14.0. The molecule has 1 heterocycles. The average Bonchev–Trinajstić information content (AvgIpc) is 2.60.